The first-order chi connectivity index (χ1) is 12.5. The van der Waals surface area contributed by atoms with E-state index in [0.29, 0.717) is 0 Å². The number of nitrogens with zero attached hydrogens (tertiary/aromatic N) is 2. The highest BCUT2D eigenvalue weighted by Gasteiger charge is 2.23. The Morgan fingerprint density at radius 1 is 1.46 bits per heavy atom. The van der Waals surface area contributed by atoms with Gasteiger partial charge in [-0.2, -0.15) is 4.68 Å². The van der Waals surface area contributed by atoms with Gasteiger partial charge in [0.15, 0.2) is 6.10 Å². The van der Waals surface area contributed by atoms with Crippen LogP contribution in [-0.4, -0.2) is 33.8 Å². The van der Waals surface area contributed by atoms with Gasteiger partial charge in [-0.15, -0.1) is 16.4 Å². The van der Waals surface area contributed by atoms with Crippen molar-refractivity contribution in [2.75, 3.05) is 0 Å². The first-order valence-electron chi connectivity index (χ1n) is 8.64. The lowest BCUT2D eigenvalue weighted by molar-refractivity contribution is -0.155. The van der Waals surface area contributed by atoms with Crippen molar-refractivity contribution in [1.82, 2.24) is 15.1 Å². The molecule has 8 nitrogen and oxygen atoms in total. The van der Waals surface area contributed by atoms with Crippen LogP contribution in [0.3, 0.4) is 0 Å². The highest BCUT2D eigenvalue weighted by Crippen LogP contribution is 2.21. The Hall–Kier alpha value is -2.42. The van der Waals surface area contributed by atoms with Crippen LogP contribution >= 0.6 is 11.3 Å². The molecule has 1 N–H and O–H groups in total. The van der Waals surface area contributed by atoms with Crippen molar-refractivity contribution in [3.63, 3.8) is 0 Å². The molecule has 2 aromatic rings. The van der Waals surface area contributed by atoms with Gasteiger partial charge in [-0.25, -0.2) is 4.79 Å². The highest BCUT2D eigenvalue weighted by molar-refractivity contribution is 7.13. The van der Waals surface area contributed by atoms with Gasteiger partial charge in [0.1, 0.15) is 0 Å². The Bertz CT molecular complexity index is 805. The van der Waals surface area contributed by atoms with E-state index in [0.717, 1.165) is 35.2 Å². The molecular weight excluding hydrogens is 358 g/mol. The standard InChI is InChI=1S/C17H21N3O5S/c1-11(15(22)18-12-5-2-3-6-12)24-14(21)8-9-20-17(23)25-16(19-20)13-7-4-10-26-13/h4,7,10-12H,2-3,5-6,8-9H2,1H3,(H,18,22)/t11-/m0/s1. The van der Waals surface area contributed by atoms with Crippen molar-refractivity contribution in [3.8, 4) is 10.8 Å². The maximum Gasteiger partial charge on any atom is 0.437 e. The molecule has 1 aliphatic rings. The summed E-state index contributed by atoms with van der Waals surface area (Å²) in [5, 5.41) is 8.81. The number of carbonyl (C=O) groups is 2. The molecule has 1 atom stereocenters. The fraction of sp³-hybridized carbons (Fsp3) is 0.529. The first kappa shape index (κ1) is 18.4. The van der Waals surface area contributed by atoms with E-state index in [9.17, 15) is 14.4 Å². The molecule has 0 aromatic carbocycles. The molecule has 9 heteroatoms. The third kappa shape index (κ3) is 4.60. The third-order valence-corrected chi connectivity index (χ3v) is 5.10. The molecule has 0 aliphatic heterocycles. The van der Waals surface area contributed by atoms with E-state index in [2.05, 4.69) is 10.4 Å². The van der Waals surface area contributed by atoms with Gasteiger partial charge in [0.2, 0.25) is 0 Å². The van der Waals surface area contributed by atoms with Crippen LogP contribution in [0, 0.1) is 0 Å². The minimum Gasteiger partial charge on any atom is -0.452 e. The van der Waals surface area contributed by atoms with Gasteiger partial charge in [0.25, 0.3) is 11.8 Å². The van der Waals surface area contributed by atoms with Crippen molar-refractivity contribution >= 4 is 23.2 Å². The van der Waals surface area contributed by atoms with Crippen LogP contribution in [0.4, 0.5) is 0 Å². The molecule has 0 saturated heterocycles. The number of rotatable bonds is 7. The van der Waals surface area contributed by atoms with Gasteiger partial charge >= 0.3 is 11.7 Å². The molecule has 0 bridgehead atoms. The second kappa shape index (κ2) is 8.31. The van der Waals surface area contributed by atoms with Crippen LogP contribution in [0.5, 0.6) is 0 Å². The Morgan fingerprint density at radius 2 is 2.23 bits per heavy atom. The van der Waals surface area contributed by atoms with Crippen molar-refractivity contribution in [3.05, 3.63) is 28.1 Å². The number of carbonyl (C=O) groups excluding carboxylic acids is 2. The number of amides is 1. The maximum atomic E-state index is 12.0. The quantitative estimate of drug-likeness (QED) is 0.738. The molecule has 1 amide bonds. The Labute approximate surface area is 154 Å². The monoisotopic (exact) mass is 379 g/mol. The summed E-state index contributed by atoms with van der Waals surface area (Å²) in [6, 6.07) is 3.79. The van der Waals surface area contributed by atoms with Gasteiger partial charge in [0.05, 0.1) is 17.8 Å². The van der Waals surface area contributed by atoms with Crippen molar-refractivity contribution in [1.29, 1.82) is 0 Å². The number of esters is 1. The average Bonchev–Trinajstić information content (AvgIpc) is 3.35. The van der Waals surface area contributed by atoms with E-state index in [-0.39, 0.29) is 30.8 Å². The molecule has 1 saturated carbocycles. The Balaban J connectivity index is 1.48. The fourth-order valence-corrected chi connectivity index (χ4v) is 3.49. The zero-order chi connectivity index (χ0) is 18.5. The number of nitrogens with one attached hydrogen (secondary N) is 1. The topological polar surface area (TPSA) is 103 Å². The number of aryl methyl sites for hydroxylation is 1. The average molecular weight is 379 g/mol. The lowest BCUT2D eigenvalue weighted by Gasteiger charge is -2.17. The summed E-state index contributed by atoms with van der Waals surface area (Å²) in [5.74, 6) is -1.26. The van der Waals surface area contributed by atoms with Crippen LogP contribution < -0.4 is 11.1 Å². The Kier molecular flexibility index (Phi) is 5.87. The van der Waals surface area contributed by atoms with Gasteiger partial charge in [-0.05, 0) is 31.2 Å². The Morgan fingerprint density at radius 3 is 2.92 bits per heavy atom. The summed E-state index contributed by atoms with van der Waals surface area (Å²) in [4.78, 5) is 36.5. The fourth-order valence-electron chi connectivity index (χ4n) is 2.84. The summed E-state index contributed by atoms with van der Waals surface area (Å²) >= 11 is 1.40. The minimum atomic E-state index is -0.862. The highest BCUT2D eigenvalue weighted by atomic mass is 32.1. The van der Waals surface area contributed by atoms with E-state index < -0.39 is 17.8 Å². The maximum absolute atomic E-state index is 12.0. The van der Waals surface area contributed by atoms with Crippen LogP contribution in [0.25, 0.3) is 10.8 Å². The van der Waals surface area contributed by atoms with Crippen molar-refractivity contribution in [2.24, 2.45) is 0 Å². The minimum absolute atomic E-state index is 0.0313. The van der Waals surface area contributed by atoms with E-state index in [4.69, 9.17) is 9.15 Å². The summed E-state index contributed by atoms with van der Waals surface area (Å²) < 4.78 is 11.3. The molecule has 3 rings (SSSR count). The molecule has 0 radical (unpaired) electrons. The van der Waals surface area contributed by atoms with Gasteiger partial charge < -0.3 is 14.5 Å². The summed E-state index contributed by atoms with van der Waals surface area (Å²) in [6.07, 6.45) is 3.22. The number of thiophene rings is 1. The number of aromatic nitrogens is 2. The SMILES string of the molecule is C[C@H](OC(=O)CCn1nc(-c2cccs2)oc1=O)C(=O)NC1CCCC1. The number of ether oxygens (including phenoxy) is 1. The van der Waals surface area contributed by atoms with Crippen molar-refractivity contribution < 1.29 is 18.7 Å². The lowest BCUT2D eigenvalue weighted by atomic mass is 10.2. The van der Waals surface area contributed by atoms with Crippen molar-refractivity contribution in [2.45, 2.75) is 57.7 Å². The van der Waals surface area contributed by atoms with Crippen LogP contribution in [0.2, 0.25) is 0 Å². The number of hydrogen-bond donors (Lipinski definition) is 1. The van der Waals surface area contributed by atoms with Gasteiger partial charge in [0, 0.05) is 6.04 Å². The number of hydrogen-bond acceptors (Lipinski definition) is 7. The first-order valence-corrected chi connectivity index (χ1v) is 9.52. The van der Waals surface area contributed by atoms with E-state index in [1.165, 1.54) is 11.3 Å². The molecule has 0 unspecified atom stereocenters. The zero-order valence-electron chi connectivity index (χ0n) is 14.5. The van der Waals surface area contributed by atoms with E-state index in [1.54, 1.807) is 13.0 Å². The molecule has 0 spiro atoms. The second-order valence-electron chi connectivity index (χ2n) is 6.25. The predicted octanol–water partition coefficient (Wildman–Crippen LogP) is 1.95. The molecule has 1 aliphatic carbocycles. The molecular formula is C17H21N3O5S. The van der Waals surface area contributed by atoms with E-state index >= 15 is 0 Å². The smallest absolute Gasteiger partial charge is 0.437 e. The zero-order valence-corrected chi connectivity index (χ0v) is 15.3. The summed E-state index contributed by atoms with van der Waals surface area (Å²) in [5.41, 5.74) is 0. The van der Waals surface area contributed by atoms with Crippen LogP contribution in [0.1, 0.15) is 39.0 Å². The third-order valence-electron chi connectivity index (χ3n) is 4.24. The molecule has 140 valence electrons. The van der Waals surface area contributed by atoms with Gasteiger partial charge in [-0.3, -0.25) is 9.59 Å². The lowest BCUT2D eigenvalue weighted by Crippen LogP contribution is -2.41. The largest absolute Gasteiger partial charge is 0.452 e. The molecule has 2 heterocycles. The summed E-state index contributed by atoms with van der Waals surface area (Å²) in [7, 11) is 0. The molecule has 1 fully saturated rings. The van der Waals surface area contributed by atoms with Gasteiger partial charge in [-0.1, -0.05) is 18.9 Å². The predicted molar refractivity (Wildman–Crippen MR) is 94.6 cm³/mol. The molecule has 26 heavy (non-hydrogen) atoms. The van der Waals surface area contributed by atoms with E-state index in [1.807, 2.05) is 11.4 Å². The normalized spacial score (nSPS) is 15.7. The molecule has 2 aromatic heterocycles. The second-order valence-corrected chi connectivity index (χ2v) is 7.19. The summed E-state index contributed by atoms with van der Waals surface area (Å²) in [6.45, 7) is 1.57. The van der Waals surface area contributed by atoms with Crippen LogP contribution in [-0.2, 0) is 20.9 Å². The van der Waals surface area contributed by atoms with Crippen LogP contribution in [0.15, 0.2) is 26.7 Å².